The fourth-order valence-corrected chi connectivity index (χ4v) is 3.75. The smallest absolute Gasteiger partial charge is 0.383 e. The Morgan fingerprint density at radius 3 is 2.56 bits per heavy atom. The van der Waals surface area contributed by atoms with E-state index in [0.29, 0.717) is 29.8 Å². The van der Waals surface area contributed by atoms with Gasteiger partial charge in [0.2, 0.25) is 0 Å². The number of benzene rings is 1. The topological polar surface area (TPSA) is 106 Å². The van der Waals surface area contributed by atoms with Gasteiger partial charge in [-0.1, -0.05) is 0 Å². The number of nitrogens with two attached hydrogens (primary N) is 1. The summed E-state index contributed by atoms with van der Waals surface area (Å²) < 4.78 is 52.8. The number of carbonyl (C=O) groups is 1. The molecule has 5 rings (SSSR count). The number of nitrogens with one attached hydrogen (secondary N) is 1. The Balaban J connectivity index is 1.37. The standard InChI is InChI=1S/C23H18F4N6O/c24-16-5-4-13(31-22(34)17-6-3-12(9-29-17)23(25,26)27)7-14(16)18-8-19-15(20(28)32-18)10-30-21(33-19)11-1-2-11/h3-7,9-11,18H,1-2,8H2,(H2,28,32)(H,31,34). The van der Waals surface area contributed by atoms with E-state index in [1.807, 2.05) is 0 Å². The molecule has 1 fully saturated rings. The molecule has 1 atom stereocenters. The number of hydrogen-bond acceptors (Lipinski definition) is 6. The molecule has 3 aromatic rings. The Hall–Kier alpha value is -3.89. The average molecular weight is 470 g/mol. The third-order valence-corrected chi connectivity index (χ3v) is 5.72. The SMILES string of the molecule is NC1=NC(c2cc(NC(=O)c3ccc(C(F)(F)F)cn3)ccc2F)Cc2nc(C3CC3)ncc21. The van der Waals surface area contributed by atoms with Gasteiger partial charge in [0.1, 0.15) is 23.2 Å². The summed E-state index contributed by atoms with van der Waals surface area (Å²) in [6.07, 6.45) is 0.0625. The maximum atomic E-state index is 14.7. The van der Waals surface area contributed by atoms with Crippen molar-refractivity contribution in [1.29, 1.82) is 0 Å². The maximum Gasteiger partial charge on any atom is 0.417 e. The number of alkyl halides is 3. The number of pyridine rings is 1. The van der Waals surface area contributed by atoms with Gasteiger partial charge in [-0.05, 0) is 43.2 Å². The van der Waals surface area contributed by atoms with E-state index in [1.54, 1.807) is 6.20 Å². The number of aromatic nitrogens is 3. The number of halogens is 4. The van der Waals surface area contributed by atoms with E-state index in [2.05, 4.69) is 25.3 Å². The quantitative estimate of drug-likeness (QED) is 0.557. The monoisotopic (exact) mass is 470 g/mol. The number of amidine groups is 1. The Labute approximate surface area is 191 Å². The van der Waals surface area contributed by atoms with Gasteiger partial charge in [0.05, 0.1) is 22.9 Å². The lowest BCUT2D eigenvalue weighted by Crippen LogP contribution is -2.25. The zero-order chi connectivity index (χ0) is 24.0. The van der Waals surface area contributed by atoms with Crippen LogP contribution in [0.15, 0.2) is 47.7 Å². The molecule has 0 bridgehead atoms. The lowest BCUT2D eigenvalue weighted by atomic mass is 9.96. The Morgan fingerprint density at radius 2 is 1.88 bits per heavy atom. The van der Waals surface area contributed by atoms with Crippen molar-refractivity contribution in [3.63, 3.8) is 0 Å². The van der Waals surface area contributed by atoms with Crippen molar-refractivity contribution < 1.29 is 22.4 Å². The second kappa shape index (κ2) is 8.15. The van der Waals surface area contributed by atoms with Crippen molar-refractivity contribution in [2.75, 3.05) is 5.32 Å². The number of amides is 1. The van der Waals surface area contributed by atoms with Crippen LogP contribution < -0.4 is 11.1 Å². The molecule has 3 N–H and O–H groups in total. The average Bonchev–Trinajstić information content (AvgIpc) is 3.65. The van der Waals surface area contributed by atoms with Crippen LogP contribution in [0.25, 0.3) is 0 Å². The highest BCUT2D eigenvalue weighted by atomic mass is 19.4. The van der Waals surface area contributed by atoms with E-state index in [9.17, 15) is 22.4 Å². The number of nitrogens with zero attached hydrogens (tertiary/aromatic N) is 4. The van der Waals surface area contributed by atoms with Crippen molar-refractivity contribution in [2.24, 2.45) is 10.7 Å². The second-order valence-corrected chi connectivity index (χ2v) is 8.22. The normalized spacial score (nSPS) is 17.6. The van der Waals surface area contributed by atoms with Crippen LogP contribution in [0.2, 0.25) is 0 Å². The summed E-state index contributed by atoms with van der Waals surface area (Å²) in [4.78, 5) is 29.4. The number of hydrogen-bond donors (Lipinski definition) is 2. The van der Waals surface area contributed by atoms with E-state index in [-0.39, 0.29) is 22.8 Å². The van der Waals surface area contributed by atoms with Gasteiger partial charge in [-0.3, -0.25) is 14.8 Å². The summed E-state index contributed by atoms with van der Waals surface area (Å²) in [5.74, 6) is 0.0317. The van der Waals surface area contributed by atoms with Crippen molar-refractivity contribution in [2.45, 2.75) is 37.4 Å². The largest absolute Gasteiger partial charge is 0.417 e. The van der Waals surface area contributed by atoms with Crippen molar-refractivity contribution in [3.05, 3.63) is 82.4 Å². The van der Waals surface area contributed by atoms with Crippen LogP contribution in [0, 0.1) is 5.82 Å². The fourth-order valence-electron chi connectivity index (χ4n) is 3.75. The molecule has 1 saturated carbocycles. The summed E-state index contributed by atoms with van der Waals surface area (Å²) in [5.41, 5.74) is 6.68. The van der Waals surface area contributed by atoms with Crippen LogP contribution in [0.3, 0.4) is 0 Å². The second-order valence-electron chi connectivity index (χ2n) is 8.22. The lowest BCUT2D eigenvalue weighted by Gasteiger charge is -2.22. The summed E-state index contributed by atoms with van der Waals surface area (Å²) >= 11 is 0. The molecular formula is C23H18F4N6O. The summed E-state index contributed by atoms with van der Waals surface area (Å²) in [7, 11) is 0. The van der Waals surface area contributed by atoms with E-state index in [1.165, 1.54) is 18.2 Å². The van der Waals surface area contributed by atoms with Gasteiger partial charge in [0.15, 0.2) is 0 Å². The molecule has 2 aromatic heterocycles. The fraction of sp³-hybridized carbons (Fsp3) is 0.261. The predicted octanol–water partition coefficient (Wildman–Crippen LogP) is 4.16. The molecule has 1 amide bonds. The van der Waals surface area contributed by atoms with Crippen LogP contribution in [-0.2, 0) is 12.6 Å². The molecular weight excluding hydrogens is 452 g/mol. The van der Waals surface area contributed by atoms with E-state index in [4.69, 9.17) is 5.73 Å². The first-order valence-corrected chi connectivity index (χ1v) is 10.5. The summed E-state index contributed by atoms with van der Waals surface area (Å²) in [6, 6.07) is 5.04. The first-order chi connectivity index (χ1) is 16.2. The lowest BCUT2D eigenvalue weighted by molar-refractivity contribution is -0.137. The van der Waals surface area contributed by atoms with Crippen molar-refractivity contribution in [1.82, 2.24) is 15.0 Å². The third-order valence-electron chi connectivity index (χ3n) is 5.72. The molecule has 7 nitrogen and oxygen atoms in total. The molecule has 2 aliphatic rings. The van der Waals surface area contributed by atoms with E-state index < -0.39 is 29.5 Å². The molecule has 0 saturated heterocycles. The minimum atomic E-state index is -4.56. The first kappa shape index (κ1) is 21.9. The van der Waals surface area contributed by atoms with Gasteiger partial charge in [0, 0.05) is 36.0 Å². The van der Waals surface area contributed by atoms with Gasteiger partial charge >= 0.3 is 6.18 Å². The van der Waals surface area contributed by atoms with Gasteiger partial charge in [-0.15, -0.1) is 0 Å². The van der Waals surface area contributed by atoms with Crippen LogP contribution in [-0.4, -0.2) is 26.7 Å². The molecule has 0 radical (unpaired) electrons. The molecule has 1 unspecified atom stereocenters. The zero-order valence-electron chi connectivity index (χ0n) is 17.6. The molecule has 0 spiro atoms. The molecule has 3 heterocycles. The maximum absolute atomic E-state index is 14.7. The highest BCUT2D eigenvalue weighted by molar-refractivity contribution is 6.03. The van der Waals surface area contributed by atoms with E-state index >= 15 is 0 Å². The molecule has 1 aromatic carbocycles. The highest BCUT2D eigenvalue weighted by Gasteiger charge is 2.32. The zero-order valence-corrected chi connectivity index (χ0v) is 17.6. The number of anilines is 1. The number of carbonyl (C=O) groups excluding carboxylic acids is 1. The van der Waals surface area contributed by atoms with Gasteiger partial charge in [-0.25, -0.2) is 14.4 Å². The van der Waals surface area contributed by atoms with Crippen LogP contribution in [0.1, 0.15) is 63.5 Å². The first-order valence-electron chi connectivity index (χ1n) is 10.5. The minimum absolute atomic E-state index is 0.205. The predicted molar refractivity (Wildman–Crippen MR) is 115 cm³/mol. The van der Waals surface area contributed by atoms with Crippen LogP contribution >= 0.6 is 0 Å². The molecule has 34 heavy (non-hydrogen) atoms. The van der Waals surface area contributed by atoms with Gasteiger partial charge < -0.3 is 11.1 Å². The number of aliphatic imine (C=N–C) groups is 1. The highest BCUT2D eigenvalue weighted by Crippen LogP contribution is 2.39. The Bertz CT molecular complexity index is 1300. The number of rotatable bonds is 4. The molecule has 1 aliphatic heterocycles. The van der Waals surface area contributed by atoms with Crippen molar-refractivity contribution in [3.8, 4) is 0 Å². The summed E-state index contributed by atoms with van der Waals surface area (Å²) in [6.45, 7) is 0. The van der Waals surface area contributed by atoms with E-state index in [0.717, 1.165) is 30.8 Å². The third kappa shape index (κ3) is 4.33. The number of fused-ring (bicyclic) bond motifs is 1. The molecule has 1 aliphatic carbocycles. The Kier molecular flexibility index (Phi) is 5.26. The van der Waals surface area contributed by atoms with Crippen LogP contribution in [0.4, 0.5) is 23.2 Å². The van der Waals surface area contributed by atoms with Gasteiger partial charge in [0.25, 0.3) is 5.91 Å². The molecule has 174 valence electrons. The minimum Gasteiger partial charge on any atom is -0.383 e. The van der Waals surface area contributed by atoms with Crippen LogP contribution in [0.5, 0.6) is 0 Å². The Morgan fingerprint density at radius 1 is 1.09 bits per heavy atom. The van der Waals surface area contributed by atoms with Crippen molar-refractivity contribution >= 4 is 17.4 Å². The molecule has 11 heteroatoms. The summed E-state index contributed by atoms with van der Waals surface area (Å²) in [5, 5.41) is 2.53. The van der Waals surface area contributed by atoms with Gasteiger partial charge in [-0.2, -0.15) is 13.2 Å².